The zero-order valence-corrected chi connectivity index (χ0v) is 10.4. The van der Waals surface area contributed by atoms with Gasteiger partial charge in [0.2, 0.25) is 0 Å². The lowest BCUT2D eigenvalue weighted by atomic mass is 10.3. The first kappa shape index (κ1) is 13.2. The molecule has 1 heterocycles. The summed E-state index contributed by atoms with van der Waals surface area (Å²) < 4.78 is 7.26. The fourth-order valence-electron chi connectivity index (χ4n) is 1.53. The van der Waals surface area contributed by atoms with Crippen LogP contribution in [-0.4, -0.2) is 29.5 Å². The third-order valence-electron chi connectivity index (χ3n) is 2.31. The van der Waals surface area contributed by atoms with Gasteiger partial charge in [-0.1, -0.05) is 6.92 Å². The van der Waals surface area contributed by atoms with Gasteiger partial charge in [0.15, 0.2) is 0 Å². The Kier molecular flexibility index (Phi) is 6.85. The monoisotopic (exact) mass is 225 g/mol. The Balaban J connectivity index is 2.07. The number of aromatic nitrogens is 2. The standard InChI is InChI=1S/C12H23N3O/c1-3-7-15-11-12(10-14-15)9-13-6-5-8-16-4-2/h10-11,13H,3-9H2,1-2H3. The van der Waals surface area contributed by atoms with Crippen molar-refractivity contribution in [2.45, 2.75) is 39.8 Å². The third-order valence-corrected chi connectivity index (χ3v) is 2.31. The maximum Gasteiger partial charge on any atom is 0.0534 e. The molecule has 0 radical (unpaired) electrons. The summed E-state index contributed by atoms with van der Waals surface area (Å²) in [5.41, 5.74) is 1.25. The highest BCUT2D eigenvalue weighted by Crippen LogP contribution is 1.98. The van der Waals surface area contributed by atoms with E-state index in [0.29, 0.717) is 0 Å². The molecule has 0 saturated carbocycles. The molecule has 0 bridgehead atoms. The smallest absolute Gasteiger partial charge is 0.0534 e. The number of aryl methyl sites for hydroxylation is 1. The van der Waals surface area contributed by atoms with Crippen LogP contribution in [0.1, 0.15) is 32.3 Å². The molecule has 92 valence electrons. The lowest BCUT2D eigenvalue weighted by molar-refractivity contribution is 0.144. The largest absolute Gasteiger partial charge is 0.382 e. The maximum atomic E-state index is 5.27. The van der Waals surface area contributed by atoms with Crippen LogP contribution in [0.4, 0.5) is 0 Å². The van der Waals surface area contributed by atoms with Crippen molar-refractivity contribution >= 4 is 0 Å². The van der Waals surface area contributed by atoms with Gasteiger partial charge in [0, 0.05) is 38.1 Å². The van der Waals surface area contributed by atoms with Crippen LogP contribution in [0.25, 0.3) is 0 Å². The molecule has 0 spiro atoms. The van der Waals surface area contributed by atoms with Crippen LogP contribution in [0.3, 0.4) is 0 Å². The average Bonchev–Trinajstić information content (AvgIpc) is 2.72. The molecule has 1 N–H and O–H groups in total. The minimum atomic E-state index is 0.809. The first-order valence-corrected chi connectivity index (χ1v) is 6.16. The third kappa shape index (κ3) is 5.28. The molecule has 1 aromatic rings. The van der Waals surface area contributed by atoms with Crippen molar-refractivity contribution in [3.63, 3.8) is 0 Å². The fraction of sp³-hybridized carbons (Fsp3) is 0.750. The number of hydrogen-bond acceptors (Lipinski definition) is 3. The van der Waals surface area contributed by atoms with E-state index in [1.54, 1.807) is 0 Å². The van der Waals surface area contributed by atoms with Crippen LogP contribution in [0.2, 0.25) is 0 Å². The molecular weight excluding hydrogens is 202 g/mol. The van der Waals surface area contributed by atoms with Crippen molar-refractivity contribution in [1.82, 2.24) is 15.1 Å². The van der Waals surface area contributed by atoms with Crippen LogP contribution in [0.15, 0.2) is 12.4 Å². The van der Waals surface area contributed by atoms with Gasteiger partial charge >= 0.3 is 0 Å². The Bertz CT molecular complexity index is 273. The van der Waals surface area contributed by atoms with Gasteiger partial charge in [-0.05, 0) is 26.3 Å². The lowest BCUT2D eigenvalue weighted by Crippen LogP contribution is -2.16. The fourth-order valence-corrected chi connectivity index (χ4v) is 1.53. The van der Waals surface area contributed by atoms with E-state index < -0.39 is 0 Å². The number of nitrogens with one attached hydrogen (secondary N) is 1. The second kappa shape index (κ2) is 8.30. The van der Waals surface area contributed by atoms with Crippen molar-refractivity contribution in [2.24, 2.45) is 0 Å². The second-order valence-electron chi connectivity index (χ2n) is 3.84. The predicted molar refractivity (Wildman–Crippen MR) is 65.3 cm³/mol. The van der Waals surface area contributed by atoms with Gasteiger partial charge in [0.1, 0.15) is 0 Å². The quantitative estimate of drug-likeness (QED) is 0.651. The van der Waals surface area contributed by atoms with Gasteiger partial charge < -0.3 is 10.1 Å². The van der Waals surface area contributed by atoms with Gasteiger partial charge in [0.25, 0.3) is 0 Å². The van der Waals surface area contributed by atoms with E-state index >= 15 is 0 Å². The Labute approximate surface area is 98.0 Å². The maximum absolute atomic E-state index is 5.27. The summed E-state index contributed by atoms with van der Waals surface area (Å²) in [4.78, 5) is 0. The van der Waals surface area contributed by atoms with E-state index in [2.05, 4.69) is 23.5 Å². The SMILES string of the molecule is CCCn1cc(CNCCCOCC)cn1. The molecule has 1 rings (SSSR count). The zero-order chi connectivity index (χ0) is 11.6. The topological polar surface area (TPSA) is 39.1 Å². The summed E-state index contributed by atoms with van der Waals surface area (Å²) in [5.74, 6) is 0. The molecule has 0 aliphatic rings. The van der Waals surface area contributed by atoms with Gasteiger partial charge in [-0.15, -0.1) is 0 Å². The summed E-state index contributed by atoms with van der Waals surface area (Å²) in [6, 6.07) is 0. The molecule has 0 aliphatic carbocycles. The van der Waals surface area contributed by atoms with E-state index in [0.717, 1.165) is 45.7 Å². The summed E-state index contributed by atoms with van der Waals surface area (Å²) in [6.07, 6.45) is 6.24. The van der Waals surface area contributed by atoms with Crippen molar-refractivity contribution in [3.8, 4) is 0 Å². The Morgan fingerprint density at radius 1 is 1.44 bits per heavy atom. The number of rotatable bonds is 9. The zero-order valence-electron chi connectivity index (χ0n) is 10.4. The normalized spacial score (nSPS) is 10.9. The molecule has 0 aliphatic heterocycles. The molecule has 1 aromatic heterocycles. The molecule has 4 heteroatoms. The van der Waals surface area contributed by atoms with Crippen LogP contribution in [-0.2, 0) is 17.8 Å². The summed E-state index contributed by atoms with van der Waals surface area (Å²) in [5, 5.41) is 7.67. The van der Waals surface area contributed by atoms with Crippen LogP contribution in [0.5, 0.6) is 0 Å². The first-order valence-electron chi connectivity index (χ1n) is 6.16. The van der Waals surface area contributed by atoms with E-state index in [1.807, 2.05) is 17.8 Å². The molecular formula is C12H23N3O. The van der Waals surface area contributed by atoms with Gasteiger partial charge in [-0.3, -0.25) is 4.68 Å². The Morgan fingerprint density at radius 3 is 3.06 bits per heavy atom. The first-order chi connectivity index (χ1) is 7.86. The van der Waals surface area contributed by atoms with Crippen molar-refractivity contribution in [2.75, 3.05) is 19.8 Å². The van der Waals surface area contributed by atoms with E-state index in [4.69, 9.17) is 4.74 Å². The van der Waals surface area contributed by atoms with Gasteiger partial charge in [-0.2, -0.15) is 5.10 Å². The summed E-state index contributed by atoms with van der Waals surface area (Å²) >= 11 is 0. The molecule has 16 heavy (non-hydrogen) atoms. The van der Waals surface area contributed by atoms with Gasteiger partial charge in [-0.25, -0.2) is 0 Å². The van der Waals surface area contributed by atoms with Crippen LogP contribution in [0, 0.1) is 0 Å². The lowest BCUT2D eigenvalue weighted by Gasteiger charge is -2.03. The second-order valence-corrected chi connectivity index (χ2v) is 3.84. The Morgan fingerprint density at radius 2 is 2.31 bits per heavy atom. The van der Waals surface area contributed by atoms with Gasteiger partial charge in [0.05, 0.1) is 6.20 Å². The van der Waals surface area contributed by atoms with Crippen LogP contribution < -0.4 is 5.32 Å². The molecule has 0 aromatic carbocycles. The highest BCUT2D eigenvalue weighted by atomic mass is 16.5. The Hall–Kier alpha value is -0.870. The highest BCUT2D eigenvalue weighted by molar-refractivity contribution is 5.03. The molecule has 0 atom stereocenters. The number of hydrogen-bond donors (Lipinski definition) is 1. The summed E-state index contributed by atoms with van der Waals surface area (Å²) in [6.45, 7) is 8.74. The highest BCUT2D eigenvalue weighted by Gasteiger charge is 1.97. The molecule has 0 saturated heterocycles. The van der Waals surface area contributed by atoms with Crippen LogP contribution >= 0.6 is 0 Å². The summed E-state index contributed by atoms with van der Waals surface area (Å²) in [7, 11) is 0. The van der Waals surface area contributed by atoms with Crippen molar-refractivity contribution < 1.29 is 4.74 Å². The molecule has 4 nitrogen and oxygen atoms in total. The molecule has 0 amide bonds. The van der Waals surface area contributed by atoms with Crippen molar-refractivity contribution in [3.05, 3.63) is 18.0 Å². The van der Waals surface area contributed by atoms with E-state index in [-0.39, 0.29) is 0 Å². The predicted octanol–water partition coefficient (Wildman–Crippen LogP) is 1.81. The van der Waals surface area contributed by atoms with E-state index in [9.17, 15) is 0 Å². The minimum absolute atomic E-state index is 0.809. The molecule has 0 fully saturated rings. The number of ether oxygens (including phenoxy) is 1. The molecule has 0 unspecified atom stereocenters. The number of nitrogens with zero attached hydrogens (tertiary/aromatic N) is 2. The average molecular weight is 225 g/mol. The van der Waals surface area contributed by atoms with E-state index in [1.165, 1.54) is 5.56 Å². The minimum Gasteiger partial charge on any atom is -0.382 e. The van der Waals surface area contributed by atoms with Crippen molar-refractivity contribution in [1.29, 1.82) is 0 Å².